The molecule has 0 saturated heterocycles. The molecule has 1 saturated carbocycles. The van der Waals surface area contributed by atoms with E-state index in [4.69, 9.17) is 12.2 Å². The summed E-state index contributed by atoms with van der Waals surface area (Å²) < 4.78 is 0. The first-order chi connectivity index (χ1) is 3.17. The highest BCUT2D eigenvalue weighted by Gasteiger charge is 2.45. The van der Waals surface area contributed by atoms with Gasteiger partial charge < -0.3 is 5.73 Å². The number of terminal acetylenes is 1. The monoisotopic (exact) mass is 95.1 g/mol. The van der Waals surface area contributed by atoms with Crippen molar-refractivity contribution in [1.82, 2.24) is 0 Å². The van der Waals surface area contributed by atoms with Crippen LogP contribution in [0.15, 0.2) is 0 Å². The van der Waals surface area contributed by atoms with Crippen molar-refractivity contribution in [3.05, 3.63) is 0 Å². The summed E-state index contributed by atoms with van der Waals surface area (Å²) in [5, 5.41) is 0. The van der Waals surface area contributed by atoms with Gasteiger partial charge in [0, 0.05) is 11.5 Å². The molecule has 0 aromatic carbocycles. The fourth-order valence-electron chi connectivity index (χ4n) is 0.630. The second-order valence-corrected chi connectivity index (χ2v) is 2.43. The molecular weight excluding hydrogens is 86.1 g/mol. The minimum atomic E-state index is -0.0191. The molecule has 0 aliphatic heterocycles. The van der Waals surface area contributed by atoms with Crippen LogP contribution in [-0.2, 0) is 0 Å². The largest absolute Gasteiger partial charge is 0.324 e. The predicted octanol–water partition coefficient (Wildman–Crippen LogP) is 0.357. The van der Waals surface area contributed by atoms with Gasteiger partial charge in [-0.1, -0.05) is 0 Å². The van der Waals surface area contributed by atoms with Crippen molar-refractivity contribution >= 4 is 0 Å². The molecule has 0 aromatic heterocycles. The lowest BCUT2D eigenvalue weighted by Gasteiger charge is -1.92. The third kappa shape index (κ3) is 0.618. The molecule has 2 atom stereocenters. The van der Waals surface area contributed by atoms with Gasteiger partial charge in [0.1, 0.15) is 0 Å². The fourth-order valence-corrected chi connectivity index (χ4v) is 0.630. The van der Waals surface area contributed by atoms with Crippen LogP contribution >= 0.6 is 0 Å². The third-order valence-corrected chi connectivity index (χ3v) is 1.48. The van der Waals surface area contributed by atoms with Crippen LogP contribution in [0.2, 0.25) is 0 Å². The molecule has 1 fully saturated rings. The lowest BCUT2D eigenvalue weighted by atomic mass is 10.3. The van der Waals surface area contributed by atoms with Gasteiger partial charge in [0.05, 0.1) is 0 Å². The Kier molecular flexibility index (Phi) is 0.680. The average Bonchev–Trinajstić information content (AvgIpc) is 2.13. The van der Waals surface area contributed by atoms with Crippen LogP contribution in [0, 0.1) is 18.3 Å². The van der Waals surface area contributed by atoms with Crippen LogP contribution in [0.4, 0.5) is 0 Å². The number of nitrogens with two attached hydrogens (primary N) is 1. The highest BCUT2D eigenvalue weighted by atomic mass is 14.8. The first-order valence-electron chi connectivity index (χ1n) is 2.42. The summed E-state index contributed by atoms with van der Waals surface area (Å²) in [5.74, 6) is 2.96. The first kappa shape index (κ1) is 4.67. The standard InChI is InChI=1S/C6H9N/c1-3-5-4-6(5,2)7/h1,5H,4,7H2,2H3. The first-order valence-corrected chi connectivity index (χ1v) is 2.42. The Hall–Kier alpha value is -0.480. The van der Waals surface area contributed by atoms with Crippen molar-refractivity contribution < 1.29 is 0 Å². The van der Waals surface area contributed by atoms with Gasteiger partial charge in [0.2, 0.25) is 0 Å². The molecule has 0 aromatic rings. The molecule has 0 spiro atoms. The zero-order chi connectivity index (χ0) is 5.49. The van der Waals surface area contributed by atoms with Crippen molar-refractivity contribution in [1.29, 1.82) is 0 Å². The number of hydrogen-bond donors (Lipinski definition) is 1. The minimum Gasteiger partial charge on any atom is -0.324 e. The van der Waals surface area contributed by atoms with Crippen molar-refractivity contribution in [3.63, 3.8) is 0 Å². The van der Waals surface area contributed by atoms with Crippen molar-refractivity contribution in [2.75, 3.05) is 0 Å². The van der Waals surface area contributed by atoms with Crippen molar-refractivity contribution in [3.8, 4) is 12.3 Å². The lowest BCUT2D eigenvalue weighted by Crippen LogP contribution is -2.18. The number of hydrogen-bond acceptors (Lipinski definition) is 1. The van der Waals surface area contributed by atoms with Crippen LogP contribution in [0.1, 0.15) is 13.3 Å². The van der Waals surface area contributed by atoms with Gasteiger partial charge in [0.25, 0.3) is 0 Å². The zero-order valence-corrected chi connectivity index (χ0v) is 4.44. The summed E-state index contributed by atoms with van der Waals surface area (Å²) in [6.45, 7) is 1.98. The molecule has 0 bridgehead atoms. The summed E-state index contributed by atoms with van der Waals surface area (Å²) in [6, 6.07) is 0. The van der Waals surface area contributed by atoms with Gasteiger partial charge >= 0.3 is 0 Å². The molecule has 7 heavy (non-hydrogen) atoms. The van der Waals surface area contributed by atoms with Gasteiger partial charge in [0.15, 0.2) is 0 Å². The second-order valence-electron chi connectivity index (χ2n) is 2.43. The Bertz CT molecular complexity index is 119. The Morgan fingerprint density at radius 3 is 2.43 bits per heavy atom. The van der Waals surface area contributed by atoms with Crippen molar-refractivity contribution in [2.24, 2.45) is 11.7 Å². The zero-order valence-electron chi connectivity index (χ0n) is 4.44. The van der Waals surface area contributed by atoms with E-state index in [0.717, 1.165) is 6.42 Å². The van der Waals surface area contributed by atoms with Crippen LogP contribution in [0.3, 0.4) is 0 Å². The molecule has 1 nitrogen and oxygen atoms in total. The maximum absolute atomic E-state index is 5.58. The predicted molar refractivity (Wildman–Crippen MR) is 29.5 cm³/mol. The maximum Gasteiger partial charge on any atom is 0.0395 e. The summed E-state index contributed by atoms with van der Waals surface area (Å²) in [4.78, 5) is 0. The van der Waals surface area contributed by atoms with Crippen molar-refractivity contribution in [2.45, 2.75) is 18.9 Å². The minimum absolute atomic E-state index is 0.0191. The highest BCUT2D eigenvalue weighted by molar-refractivity contribution is 5.18. The van der Waals surface area contributed by atoms with Gasteiger partial charge in [-0.05, 0) is 13.3 Å². The molecule has 0 amide bonds. The number of rotatable bonds is 0. The topological polar surface area (TPSA) is 26.0 Å². The van der Waals surface area contributed by atoms with Gasteiger partial charge in [-0.3, -0.25) is 0 Å². The normalized spacial score (nSPS) is 47.9. The van der Waals surface area contributed by atoms with Crippen LogP contribution in [0.5, 0.6) is 0 Å². The molecule has 0 heterocycles. The molecule has 1 aliphatic rings. The summed E-state index contributed by atoms with van der Waals surface area (Å²) in [7, 11) is 0. The average molecular weight is 95.1 g/mol. The van der Waals surface area contributed by atoms with E-state index in [1.165, 1.54) is 0 Å². The molecular formula is C6H9N. The molecule has 2 unspecified atom stereocenters. The highest BCUT2D eigenvalue weighted by Crippen LogP contribution is 2.39. The Labute approximate surface area is 43.9 Å². The van der Waals surface area contributed by atoms with E-state index >= 15 is 0 Å². The van der Waals surface area contributed by atoms with E-state index in [2.05, 4.69) is 5.92 Å². The molecule has 1 rings (SSSR count). The van der Waals surface area contributed by atoms with E-state index in [1.807, 2.05) is 6.92 Å². The van der Waals surface area contributed by atoms with E-state index < -0.39 is 0 Å². The summed E-state index contributed by atoms with van der Waals surface area (Å²) in [5.41, 5.74) is 5.56. The van der Waals surface area contributed by atoms with E-state index in [-0.39, 0.29) is 5.54 Å². The van der Waals surface area contributed by atoms with E-state index in [0.29, 0.717) is 5.92 Å². The van der Waals surface area contributed by atoms with Crippen LogP contribution in [-0.4, -0.2) is 5.54 Å². The Morgan fingerprint density at radius 2 is 2.43 bits per heavy atom. The SMILES string of the molecule is C#CC1CC1(C)N. The van der Waals surface area contributed by atoms with Gasteiger partial charge in [-0.25, -0.2) is 0 Å². The summed E-state index contributed by atoms with van der Waals surface area (Å²) >= 11 is 0. The molecule has 1 heteroatoms. The van der Waals surface area contributed by atoms with E-state index in [9.17, 15) is 0 Å². The van der Waals surface area contributed by atoms with Gasteiger partial charge in [-0.15, -0.1) is 12.3 Å². The quantitative estimate of drug-likeness (QED) is 0.432. The fraction of sp³-hybridized carbons (Fsp3) is 0.667. The molecule has 38 valence electrons. The lowest BCUT2D eigenvalue weighted by molar-refractivity contribution is 0.725. The Balaban J connectivity index is 2.49. The molecule has 0 radical (unpaired) electrons. The van der Waals surface area contributed by atoms with E-state index in [1.54, 1.807) is 0 Å². The summed E-state index contributed by atoms with van der Waals surface area (Å²) in [6.07, 6.45) is 6.08. The maximum atomic E-state index is 5.58. The second kappa shape index (κ2) is 1.02. The molecule has 1 aliphatic carbocycles. The molecule has 2 N–H and O–H groups in total. The smallest absolute Gasteiger partial charge is 0.0395 e. The van der Waals surface area contributed by atoms with Gasteiger partial charge in [-0.2, -0.15) is 0 Å². The third-order valence-electron chi connectivity index (χ3n) is 1.48. The Morgan fingerprint density at radius 1 is 2.00 bits per heavy atom. The van der Waals surface area contributed by atoms with Crippen LogP contribution < -0.4 is 5.73 Å². The van der Waals surface area contributed by atoms with Crippen LogP contribution in [0.25, 0.3) is 0 Å².